The van der Waals surface area contributed by atoms with Crippen LogP contribution in [0, 0.1) is 0 Å². The van der Waals surface area contributed by atoms with Gasteiger partial charge in [0.1, 0.15) is 5.69 Å². The van der Waals surface area contributed by atoms with E-state index in [0.29, 0.717) is 21.3 Å². The normalized spacial score (nSPS) is 16.4. The molecule has 2 aromatic rings. The molecular weight excluding hydrogens is 339 g/mol. The lowest BCUT2D eigenvalue weighted by atomic mass is 10.1. The molecule has 1 unspecified atom stereocenters. The van der Waals surface area contributed by atoms with Crippen LogP contribution < -0.4 is 4.90 Å². The van der Waals surface area contributed by atoms with E-state index in [1.165, 1.54) is 18.2 Å². The van der Waals surface area contributed by atoms with Gasteiger partial charge in [-0.15, -0.1) is 0 Å². The van der Waals surface area contributed by atoms with Crippen LogP contribution in [0.2, 0.25) is 10.0 Å². The van der Waals surface area contributed by atoms with Crippen LogP contribution >= 0.6 is 23.2 Å². The van der Waals surface area contributed by atoms with Crippen molar-refractivity contribution >= 4 is 40.8 Å². The molecule has 1 aliphatic rings. The fourth-order valence-electron chi connectivity index (χ4n) is 2.68. The third-order valence-corrected chi connectivity index (χ3v) is 4.31. The Balaban J connectivity index is 2.15. The number of halogens is 2. The van der Waals surface area contributed by atoms with Gasteiger partial charge in [-0.2, -0.15) is 0 Å². The molecule has 0 radical (unpaired) electrons. The Hall–Kier alpha value is -2.11. The van der Waals surface area contributed by atoms with Gasteiger partial charge in [-0.1, -0.05) is 35.3 Å². The number of carbonyl (C=O) groups excluding carboxylic acids is 2. The summed E-state index contributed by atoms with van der Waals surface area (Å²) in [4.78, 5) is 30.1. The Labute approximate surface area is 142 Å². The molecule has 2 heterocycles. The van der Waals surface area contributed by atoms with Gasteiger partial charge in [0, 0.05) is 11.8 Å². The van der Waals surface area contributed by atoms with Crippen LogP contribution in [0.15, 0.2) is 36.5 Å². The maximum Gasteiger partial charge on any atom is 0.307 e. The minimum absolute atomic E-state index is 0.0114. The number of ether oxygens (including phenoxy) is 1. The molecule has 0 N–H and O–H groups in total. The molecule has 7 heteroatoms. The van der Waals surface area contributed by atoms with Gasteiger partial charge >= 0.3 is 5.97 Å². The van der Waals surface area contributed by atoms with Gasteiger partial charge in [-0.25, -0.2) is 0 Å². The molecule has 0 saturated heterocycles. The van der Waals surface area contributed by atoms with Crippen molar-refractivity contribution in [3.8, 4) is 0 Å². The zero-order chi connectivity index (χ0) is 16.6. The third-order valence-electron chi connectivity index (χ3n) is 3.70. The van der Waals surface area contributed by atoms with Crippen LogP contribution in [0.4, 0.5) is 5.69 Å². The molecule has 1 aromatic heterocycles. The molecule has 1 atom stereocenters. The topological polar surface area (TPSA) is 59.5 Å². The van der Waals surface area contributed by atoms with Crippen LogP contribution in [-0.4, -0.2) is 24.0 Å². The van der Waals surface area contributed by atoms with E-state index in [0.717, 1.165) is 0 Å². The summed E-state index contributed by atoms with van der Waals surface area (Å²) in [7, 11) is 1.30. The molecule has 0 spiro atoms. The predicted molar refractivity (Wildman–Crippen MR) is 86.9 cm³/mol. The Morgan fingerprint density at radius 1 is 1.26 bits per heavy atom. The number of rotatable bonds is 3. The number of para-hydroxylation sites is 1. The standard InChI is InChI=1S/C16H12Cl2N2O3/c1-23-13(21)8-12-9-4-3-7-19-14(9)16(22)20(12)15-10(17)5-2-6-11(15)18/h2-7,12H,8H2,1H3. The number of carbonyl (C=O) groups is 2. The van der Waals surface area contributed by atoms with E-state index in [9.17, 15) is 9.59 Å². The number of anilines is 1. The van der Waals surface area contributed by atoms with Gasteiger partial charge in [0.25, 0.3) is 5.91 Å². The van der Waals surface area contributed by atoms with E-state index >= 15 is 0 Å². The van der Waals surface area contributed by atoms with Gasteiger partial charge in [0.05, 0.1) is 35.3 Å². The number of methoxy groups -OCH3 is 1. The van der Waals surface area contributed by atoms with Crippen molar-refractivity contribution in [2.75, 3.05) is 12.0 Å². The van der Waals surface area contributed by atoms with Gasteiger partial charge in [0.2, 0.25) is 0 Å². The summed E-state index contributed by atoms with van der Waals surface area (Å²) < 4.78 is 4.74. The second-order valence-electron chi connectivity index (χ2n) is 4.98. The molecule has 0 aliphatic carbocycles. The first kappa shape index (κ1) is 15.8. The highest BCUT2D eigenvalue weighted by Gasteiger charge is 2.41. The number of amides is 1. The minimum Gasteiger partial charge on any atom is -0.469 e. The molecule has 1 amide bonds. The third kappa shape index (κ3) is 2.66. The molecule has 0 saturated carbocycles. The summed E-state index contributed by atoms with van der Waals surface area (Å²) in [5.41, 5.74) is 1.31. The fourth-order valence-corrected chi connectivity index (χ4v) is 3.26. The van der Waals surface area contributed by atoms with E-state index < -0.39 is 12.0 Å². The first-order chi connectivity index (χ1) is 11.0. The van der Waals surface area contributed by atoms with Crippen molar-refractivity contribution in [3.05, 3.63) is 57.8 Å². The summed E-state index contributed by atoms with van der Waals surface area (Å²) in [5, 5.41) is 0.655. The number of benzene rings is 1. The number of pyridine rings is 1. The van der Waals surface area contributed by atoms with Crippen LogP contribution in [0.5, 0.6) is 0 Å². The monoisotopic (exact) mass is 350 g/mol. The van der Waals surface area contributed by atoms with Crippen molar-refractivity contribution in [2.24, 2.45) is 0 Å². The minimum atomic E-state index is -0.559. The van der Waals surface area contributed by atoms with Gasteiger partial charge in [-0.05, 0) is 18.2 Å². The molecule has 1 aliphatic heterocycles. The quantitative estimate of drug-likeness (QED) is 0.792. The Bertz CT molecular complexity index is 774. The number of aromatic nitrogens is 1. The smallest absolute Gasteiger partial charge is 0.307 e. The summed E-state index contributed by atoms with van der Waals surface area (Å²) >= 11 is 12.5. The van der Waals surface area contributed by atoms with Gasteiger partial charge in [-0.3, -0.25) is 19.5 Å². The lowest BCUT2D eigenvalue weighted by Gasteiger charge is -2.26. The number of fused-ring (bicyclic) bond motifs is 1. The zero-order valence-corrected chi connectivity index (χ0v) is 13.6. The molecule has 5 nitrogen and oxygen atoms in total. The second kappa shape index (κ2) is 6.18. The lowest BCUT2D eigenvalue weighted by Crippen LogP contribution is -2.30. The van der Waals surface area contributed by atoms with Crippen molar-refractivity contribution in [3.63, 3.8) is 0 Å². The molecule has 0 fully saturated rings. The van der Waals surface area contributed by atoms with E-state index in [1.54, 1.807) is 30.3 Å². The molecule has 1 aromatic carbocycles. The number of hydrogen-bond donors (Lipinski definition) is 0. The lowest BCUT2D eigenvalue weighted by molar-refractivity contribution is -0.141. The predicted octanol–water partition coefficient (Wildman–Crippen LogP) is 3.65. The highest BCUT2D eigenvalue weighted by atomic mass is 35.5. The average Bonchev–Trinajstić information content (AvgIpc) is 2.81. The van der Waals surface area contributed by atoms with Crippen molar-refractivity contribution in [2.45, 2.75) is 12.5 Å². The molecule has 3 rings (SSSR count). The largest absolute Gasteiger partial charge is 0.469 e. The fraction of sp³-hybridized carbons (Fsp3) is 0.188. The second-order valence-corrected chi connectivity index (χ2v) is 5.80. The maximum absolute atomic E-state index is 12.8. The molecule has 0 bridgehead atoms. The van der Waals surface area contributed by atoms with Crippen molar-refractivity contribution in [1.29, 1.82) is 0 Å². The van der Waals surface area contributed by atoms with E-state index in [-0.39, 0.29) is 18.0 Å². The van der Waals surface area contributed by atoms with Crippen molar-refractivity contribution < 1.29 is 14.3 Å². The molecule has 23 heavy (non-hydrogen) atoms. The van der Waals surface area contributed by atoms with Gasteiger partial charge < -0.3 is 4.74 Å². The zero-order valence-electron chi connectivity index (χ0n) is 12.1. The number of nitrogens with zero attached hydrogens (tertiary/aromatic N) is 2. The van der Waals surface area contributed by atoms with Crippen LogP contribution in [0.25, 0.3) is 0 Å². The highest BCUT2D eigenvalue weighted by Crippen LogP contribution is 2.44. The Morgan fingerprint density at radius 3 is 2.61 bits per heavy atom. The highest BCUT2D eigenvalue weighted by molar-refractivity contribution is 6.40. The molecular formula is C16H12Cl2N2O3. The van der Waals surface area contributed by atoms with Crippen LogP contribution in [-0.2, 0) is 9.53 Å². The summed E-state index contributed by atoms with van der Waals surface area (Å²) in [6.45, 7) is 0. The summed E-state index contributed by atoms with van der Waals surface area (Å²) in [6, 6.07) is 7.89. The first-order valence-corrected chi connectivity index (χ1v) is 7.59. The Kier molecular flexibility index (Phi) is 4.24. The summed E-state index contributed by atoms with van der Waals surface area (Å²) in [6.07, 6.45) is 1.52. The van der Waals surface area contributed by atoms with Crippen LogP contribution in [0.3, 0.4) is 0 Å². The summed E-state index contributed by atoms with van der Waals surface area (Å²) in [5.74, 6) is -0.780. The van der Waals surface area contributed by atoms with Crippen LogP contribution in [0.1, 0.15) is 28.5 Å². The van der Waals surface area contributed by atoms with E-state index in [1.807, 2.05) is 0 Å². The van der Waals surface area contributed by atoms with E-state index in [2.05, 4.69) is 4.98 Å². The van der Waals surface area contributed by atoms with Gasteiger partial charge in [0.15, 0.2) is 0 Å². The van der Waals surface area contributed by atoms with E-state index in [4.69, 9.17) is 27.9 Å². The Morgan fingerprint density at radius 2 is 1.96 bits per heavy atom. The first-order valence-electron chi connectivity index (χ1n) is 6.84. The van der Waals surface area contributed by atoms with Crippen molar-refractivity contribution in [1.82, 2.24) is 4.98 Å². The molecule has 118 valence electrons. The number of esters is 1. The SMILES string of the molecule is COC(=O)CC1c2cccnc2C(=O)N1c1c(Cl)cccc1Cl. The maximum atomic E-state index is 12.8. The average molecular weight is 351 g/mol. The number of hydrogen-bond acceptors (Lipinski definition) is 4.